The fraction of sp³-hybridized carbons (Fsp3) is 0.222. The number of aromatic nitrogens is 1. The van der Waals surface area contributed by atoms with Crippen LogP contribution >= 0.6 is 35.8 Å². The van der Waals surface area contributed by atoms with Crippen LogP contribution < -0.4 is 4.74 Å². The van der Waals surface area contributed by atoms with E-state index in [-0.39, 0.29) is 6.42 Å². The number of hydrogen-bond donors (Lipinski definition) is 2. The number of ether oxygens (including phenoxy) is 1. The summed E-state index contributed by atoms with van der Waals surface area (Å²) in [6, 6.07) is 35.7. The van der Waals surface area contributed by atoms with Gasteiger partial charge in [-0.3, -0.25) is 4.79 Å². The Hall–Kier alpha value is -3.51. The molecule has 220 valence electrons. The molecule has 0 aliphatic rings. The van der Waals surface area contributed by atoms with Gasteiger partial charge < -0.3 is 9.84 Å². The van der Waals surface area contributed by atoms with E-state index < -0.39 is 16.6 Å². The average molecular weight is 631 g/mol. The summed E-state index contributed by atoms with van der Waals surface area (Å²) < 4.78 is 6.11. The van der Waals surface area contributed by atoms with E-state index in [9.17, 15) is 9.90 Å². The highest BCUT2D eigenvalue weighted by atomic mass is 35.5. The Bertz CT molecular complexity index is 1660. The Kier molecular flexibility index (Phi) is 10.3. The number of thiol groups is 1. The quantitative estimate of drug-likeness (QED) is 0.127. The molecule has 0 amide bonds. The van der Waals surface area contributed by atoms with Crippen molar-refractivity contribution < 1.29 is 14.6 Å². The third kappa shape index (κ3) is 8.11. The monoisotopic (exact) mass is 629 g/mol. The second kappa shape index (κ2) is 14.3. The van der Waals surface area contributed by atoms with Crippen LogP contribution in [0.1, 0.15) is 41.6 Å². The Morgan fingerprint density at radius 1 is 0.837 bits per heavy atom. The SMILES string of the molecule is O=C(O)CC(S)C(CCCc1ccc(Cl)cc1)(Cc1ccc(Cl)cc1)c1ccc(OCc2ccc3ccccc3n2)cc1. The summed E-state index contributed by atoms with van der Waals surface area (Å²) in [5.41, 5.74) is 4.51. The molecule has 5 rings (SSSR count). The van der Waals surface area contributed by atoms with Crippen molar-refractivity contribution in [3.63, 3.8) is 0 Å². The second-order valence-electron chi connectivity index (χ2n) is 10.9. The van der Waals surface area contributed by atoms with Gasteiger partial charge >= 0.3 is 5.97 Å². The molecular formula is C36H33Cl2NO3S. The maximum absolute atomic E-state index is 12.0. The number of hydrogen-bond acceptors (Lipinski definition) is 4. The van der Waals surface area contributed by atoms with Gasteiger partial charge in [0.05, 0.1) is 17.6 Å². The van der Waals surface area contributed by atoms with E-state index in [1.165, 1.54) is 5.56 Å². The molecule has 0 fully saturated rings. The van der Waals surface area contributed by atoms with Crippen LogP contribution in [0, 0.1) is 0 Å². The fourth-order valence-corrected chi connectivity index (χ4v) is 6.40. The molecule has 0 radical (unpaired) electrons. The summed E-state index contributed by atoms with van der Waals surface area (Å²) in [6.45, 7) is 0.343. The molecule has 43 heavy (non-hydrogen) atoms. The molecule has 7 heteroatoms. The van der Waals surface area contributed by atoms with Crippen molar-refractivity contribution in [1.82, 2.24) is 4.98 Å². The number of carboxylic acids is 1. The highest BCUT2D eigenvalue weighted by molar-refractivity contribution is 7.81. The lowest BCUT2D eigenvalue weighted by Crippen LogP contribution is -2.40. The number of nitrogens with zero attached hydrogens (tertiary/aromatic N) is 1. The first-order valence-electron chi connectivity index (χ1n) is 14.3. The molecule has 4 aromatic carbocycles. The van der Waals surface area contributed by atoms with E-state index in [1.807, 2.05) is 103 Å². The number of carboxylic acid groups (broad SMARTS) is 1. The zero-order chi connectivity index (χ0) is 30.2. The molecule has 2 unspecified atom stereocenters. The lowest BCUT2D eigenvalue weighted by atomic mass is 9.68. The van der Waals surface area contributed by atoms with E-state index in [1.54, 1.807) is 0 Å². The van der Waals surface area contributed by atoms with E-state index >= 15 is 0 Å². The van der Waals surface area contributed by atoms with Gasteiger partial charge in [0.1, 0.15) is 12.4 Å². The van der Waals surface area contributed by atoms with Crippen molar-refractivity contribution in [3.05, 3.63) is 142 Å². The first kappa shape index (κ1) is 30.9. The van der Waals surface area contributed by atoms with Gasteiger partial charge in [0.2, 0.25) is 0 Å². The summed E-state index contributed by atoms with van der Waals surface area (Å²) in [6.07, 6.45) is 2.97. The van der Waals surface area contributed by atoms with Crippen molar-refractivity contribution in [2.24, 2.45) is 0 Å². The van der Waals surface area contributed by atoms with Crippen molar-refractivity contribution in [3.8, 4) is 5.75 Å². The fourth-order valence-electron chi connectivity index (χ4n) is 5.63. The number of carbonyl (C=O) groups is 1. The van der Waals surface area contributed by atoms with Gasteiger partial charge in [-0.1, -0.05) is 83.9 Å². The molecular weight excluding hydrogens is 597 g/mol. The number of para-hydroxylation sites is 1. The molecule has 5 aromatic rings. The van der Waals surface area contributed by atoms with Gasteiger partial charge in [0.15, 0.2) is 0 Å². The zero-order valence-electron chi connectivity index (χ0n) is 23.6. The van der Waals surface area contributed by atoms with Crippen molar-refractivity contribution in [2.75, 3.05) is 0 Å². The molecule has 1 aromatic heterocycles. The van der Waals surface area contributed by atoms with Gasteiger partial charge in [0.25, 0.3) is 0 Å². The largest absolute Gasteiger partial charge is 0.487 e. The molecule has 0 saturated carbocycles. The highest BCUT2D eigenvalue weighted by Crippen LogP contribution is 2.42. The average Bonchev–Trinajstić information content (AvgIpc) is 3.01. The minimum atomic E-state index is -0.874. The Balaban J connectivity index is 1.41. The molecule has 0 aliphatic heterocycles. The van der Waals surface area contributed by atoms with Crippen LogP contribution in [0.3, 0.4) is 0 Å². The number of pyridine rings is 1. The molecule has 0 aliphatic carbocycles. The third-order valence-electron chi connectivity index (χ3n) is 7.91. The zero-order valence-corrected chi connectivity index (χ0v) is 26.0. The summed E-state index contributed by atoms with van der Waals surface area (Å²) in [7, 11) is 0. The van der Waals surface area contributed by atoms with Crippen LogP contribution in [0.15, 0.2) is 109 Å². The van der Waals surface area contributed by atoms with Crippen LogP contribution in [0.25, 0.3) is 10.9 Å². The smallest absolute Gasteiger partial charge is 0.304 e. The Labute approximate surface area is 268 Å². The van der Waals surface area contributed by atoms with E-state index in [4.69, 9.17) is 45.6 Å². The lowest BCUT2D eigenvalue weighted by molar-refractivity contribution is -0.137. The van der Waals surface area contributed by atoms with Gasteiger partial charge in [0, 0.05) is 26.1 Å². The second-order valence-corrected chi connectivity index (χ2v) is 12.4. The van der Waals surface area contributed by atoms with Gasteiger partial charge in [-0.05, 0) is 90.9 Å². The molecule has 1 heterocycles. The normalized spacial score (nSPS) is 13.4. The maximum atomic E-state index is 12.0. The summed E-state index contributed by atoms with van der Waals surface area (Å²) in [5.74, 6) is -0.157. The predicted octanol–water partition coefficient (Wildman–Crippen LogP) is 9.40. The van der Waals surface area contributed by atoms with Gasteiger partial charge in [-0.15, -0.1) is 0 Å². The van der Waals surface area contributed by atoms with Crippen molar-refractivity contribution in [1.29, 1.82) is 0 Å². The van der Waals surface area contributed by atoms with E-state index in [0.29, 0.717) is 28.8 Å². The number of fused-ring (bicyclic) bond motifs is 1. The van der Waals surface area contributed by atoms with E-state index in [2.05, 4.69) is 6.07 Å². The highest BCUT2D eigenvalue weighted by Gasteiger charge is 2.39. The van der Waals surface area contributed by atoms with Crippen molar-refractivity contribution >= 4 is 52.7 Å². The summed E-state index contributed by atoms with van der Waals surface area (Å²) in [5, 5.41) is 11.8. The molecule has 4 nitrogen and oxygen atoms in total. The lowest BCUT2D eigenvalue weighted by Gasteiger charge is -2.39. The van der Waals surface area contributed by atoms with Crippen LogP contribution in [0.4, 0.5) is 0 Å². The van der Waals surface area contributed by atoms with Crippen LogP contribution in [0.5, 0.6) is 5.75 Å². The van der Waals surface area contributed by atoms with E-state index in [0.717, 1.165) is 47.0 Å². The number of aryl methyl sites for hydroxylation is 1. The van der Waals surface area contributed by atoms with Gasteiger partial charge in [-0.2, -0.15) is 12.6 Å². The van der Waals surface area contributed by atoms with Crippen LogP contribution in [0.2, 0.25) is 10.0 Å². The molecule has 1 N–H and O–H groups in total. The predicted molar refractivity (Wildman–Crippen MR) is 179 cm³/mol. The van der Waals surface area contributed by atoms with Crippen LogP contribution in [-0.4, -0.2) is 21.3 Å². The van der Waals surface area contributed by atoms with Crippen molar-refractivity contribution in [2.45, 2.75) is 49.4 Å². The first-order chi connectivity index (χ1) is 20.8. The number of halogens is 2. The van der Waals surface area contributed by atoms with Gasteiger partial charge in [-0.25, -0.2) is 4.98 Å². The summed E-state index contributed by atoms with van der Waals surface area (Å²) in [4.78, 5) is 16.7. The standard InChI is InChI=1S/C36H33Cl2NO3S/c37-29-14-7-25(8-15-29)4-3-21-36(34(43)22-35(40)41,23-26-9-16-30(38)17-10-26)28-12-19-32(20-13-28)42-24-31-18-11-27-5-1-2-6-33(27)39-31/h1-2,5-20,34,43H,3-4,21-24H2,(H,40,41). The Morgan fingerprint density at radius 2 is 1.49 bits per heavy atom. The van der Waals surface area contributed by atoms with Crippen LogP contribution in [-0.2, 0) is 29.7 Å². The molecule has 2 atom stereocenters. The number of aliphatic carboxylic acids is 1. The topological polar surface area (TPSA) is 59.4 Å². The number of benzene rings is 4. The Morgan fingerprint density at radius 3 is 2.16 bits per heavy atom. The molecule has 0 bridgehead atoms. The molecule has 0 spiro atoms. The molecule has 0 saturated heterocycles. The number of rotatable bonds is 13. The maximum Gasteiger partial charge on any atom is 0.304 e. The third-order valence-corrected chi connectivity index (χ3v) is 9.09. The minimum Gasteiger partial charge on any atom is -0.487 e. The minimum absolute atomic E-state index is 0.0659. The first-order valence-corrected chi connectivity index (χ1v) is 15.5. The summed E-state index contributed by atoms with van der Waals surface area (Å²) >= 11 is 17.3.